The SMILES string of the molecule is COCC(C)C(O)C1CCC(C)CC1. The molecule has 2 heteroatoms. The molecule has 0 aliphatic heterocycles. The summed E-state index contributed by atoms with van der Waals surface area (Å²) in [6.07, 6.45) is 4.78. The van der Waals surface area contributed by atoms with Crippen LogP contribution in [0.3, 0.4) is 0 Å². The van der Waals surface area contributed by atoms with Crippen molar-refractivity contribution in [3.8, 4) is 0 Å². The van der Waals surface area contributed by atoms with Crippen molar-refractivity contribution >= 4 is 0 Å². The van der Waals surface area contributed by atoms with E-state index < -0.39 is 0 Å². The fourth-order valence-corrected chi connectivity index (χ4v) is 2.45. The van der Waals surface area contributed by atoms with E-state index in [9.17, 15) is 5.11 Å². The zero-order valence-corrected chi connectivity index (χ0v) is 9.70. The Kier molecular flexibility index (Phi) is 4.90. The Morgan fingerprint density at radius 2 is 1.86 bits per heavy atom. The molecule has 0 aromatic heterocycles. The summed E-state index contributed by atoms with van der Waals surface area (Å²) in [5.74, 6) is 1.64. The second-order valence-electron chi connectivity index (χ2n) is 4.94. The maximum Gasteiger partial charge on any atom is 0.0615 e. The summed E-state index contributed by atoms with van der Waals surface area (Å²) >= 11 is 0. The minimum atomic E-state index is -0.164. The zero-order valence-electron chi connectivity index (χ0n) is 9.70. The average molecular weight is 200 g/mol. The van der Waals surface area contributed by atoms with Crippen molar-refractivity contribution in [1.29, 1.82) is 0 Å². The molecule has 1 saturated carbocycles. The van der Waals surface area contributed by atoms with Crippen molar-refractivity contribution < 1.29 is 9.84 Å². The Morgan fingerprint density at radius 1 is 1.29 bits per heavy atom. The molecule has 2 unspecified atom stereocenters. The Bertz CT molecular complexity index is 150. The second-order valence-corrected chi connectivity index (χ2v) is 4.94. The number of methoxy groups -OCH3 is 1. The molecule has 1 fully saturated rings. The largest absolute Gasteiger partial charge is 0.392 e. The standard InChI is InChI=1S/C12H24O2/c1-9-4-6-11(7-5-9)12(13)10(2)8-14-3/h9-13H,4-8H2,1-3H3. The number of hydrogen-bond donors (Lipinski definition) is 1. The van der Waals surface area contributed by atoms with E-state index in [0.29, 0.717) is 12.5 Å². The molecule has 2 nitrogen and oxygen atoms in total. The van der Waals surface area contributed by atoms with E-state index in [1.807, 2.05) is 0 Å². The van der Waals surface area contributed by atoms with Gasteiger partial charge in [-0.25, -0.2) is 0 Å². The first kappa shape index (κ1) is 12.0. The summed E-state index contributed by atoms with van der Waals surface area (Å²) in [4.78, 5) is 0. The van der Waals surface area contributed by atoms with E-state index in [1.165, 1.54) is 25.7 Å². The van der Waals surface area contributed by atoms with Gasteiger partial charge in [-0.3, -0.25) is 0 Å². The Morgan fingerprint density at radius 3 is 2.36 bits per heavy atom. The highest BCUT2D eigenvalue weighted by Crippen LogP contribution is 2.32. The van der Waals surface area contributed by atoms with Crippen LogP contribution in [0.15, 0.2) is 0 Å². The first-order valence-electron chi connectivity index (χ1n) is 5.82. The van der Waals surface area contributed by atoms with E-state index >= 15 is 0 Å². The molecule has 1 aliphatic rings. The van der Waals surface area contributed by atoms with Gasteiger partial charge in [-0.2, -0.15) is 0 Å². The van der Waals surface area contributed by atoms with Gasteiger partial charge in [0.05, 0.1) is 12.7 Å². The van der Waals surface area contributed by atoms with Crippen molar-refractivity contribution in [2.24, 2.45) is 17.8 Å². The lowest BCUT2D eigenvalue weighted by atomic mass is 9.77. The van der Waals surface area contributed by atoms with E-state index in [2.05, 4.69) is 13.8 Å². The number of aliphatic hydroxyl groups is 1. The molecule has 14 heavy (non-hydrogen) atoms. The average Bonchev–Trinajstić information content (AvgIpc) is 2.18. The number of aliphatic hydroxyl groups excluding tert-OH is 1. The summed E-state index contributed by atoms with van der Waals surface area (Å²) in [5, 5.41) is 10.1. The smallest absolute Gasteiger partial charge is 0.0615 e. The van der Waals surface area contributed by atoms with Gasteiger partial charge in [0.2, 0.25) is 0 Å². The highest BCUT2D eigenvalue weighted by molar-refractivity contribution is 4.78. The van der Waals surface area contributed by atoms with Crippen molar-refractivity contribution in [2.45, 2.75) is 45.6 Å². The van der Waals surface area contributed by atoms with E-state index in [1.54, 1.807) is 7.11 Å². The van der Waals surface area contributed by atoms with Gasteiger partial charge in [0.25, 0.3) is 0 Å². The molecule has 0 heterocycles. The summed E-state index contributed by atoms with van der Waals surface area (Å²) in [5.41, 5.74) is 0. The van der Waals surface area contributed by atoms with E-state index in [-0.39, 0.29) is 12.0 Å². The molecular formula is C12H24O2. The number of ether oxygens (including phenoxy) is 1. The molecule has 1 aliphatic carbocycles. The third-order valence-electron chi connectivity index (χ3n) is 3.56. The molecule has 0 saturated heterocycles. The molecule has 2 atom stereocenters. The van der Waals surface area contributed by atoms with Gasteiger partial charge in [0.15, 0.2) is 0 Å². The molecule has 0 amide bonds. The first-order chi connectivity index (χ1) is 6.65. The van der Waals surface area contributed by atoms with Gasteiger partial charge in [-0.05, 0) is 24.7 Å². The lowest BCUT2D eigenvalue weighted by molar-refractivity contribution is 0.00256. The third-order valence-corrected chi connectivity index (χ3v) is 3.56. The second kappa shape index (κ2) is 5.72. The summed E-state index contributed by atoms with van der Waals surface area (Å²) in [6.45, 7) is 5.06. The molecule has 0 bridgehead atoms. The maximum atomic E-state index is 10.1. The monoisotopic (exact) mass is 200 g/mol. The van der Waals surface area contributed by atoms with Gasteiger partial charge in [0.1, 0.15) is 0 Å². The fourth-order valence-electron chi connectivity index (χ4n) is 2.45. The van der Waals surface area contributed by atoms with Crippen molar-refractivity contribution in [1.82, 2.24) is 0 Å². The summed E-state index contributed by atoms with van der Waals surface area (Å²) < 4.78 is 5.08. The molecule has 0 aromatic rings. The third kappa shape index (κ3) is 3.25. The highest BCUT2D eigenvalue weighted by atomic mass is 16.5. The lowest BCUT2D eigenvalue weighted by Crippen LogP contribution is -2.32. The van der Waals surface area contributed by atoms with Crippen LogP contribution in [0.2, 0.25) is 0 Å². The van der Waals surface area contributed by atoms with Gasteiger partial charge < -0.3 is 9.84 Å². The molecule has 0 aromatic carbocycles. The quantitative estimate of drug-likeness (QED) is 0.755. The molecule has 1 N–H and O–H groups in total. The number of hydrogen-bond acceptors (Lipinski definition) is 2. The molecule has 0 spiro atoms. The van der Waals surface area contributed by atoms with Gasteiger partial charge >= 0.3 is 0 Å². The van der Waals surface area contributed by atoms with Crippen molar-refractivity contribution in [3.05, 3.63) is 0 Å². The van der Waals surface area contributed by atoms with Crippen LogP contribution in [-0.2, 0) is 4.74 Å². The van der Waals surface area contributed by atoms with Crippen molar-refractivity contribution in [3.63, 3.8) is 0 Å². The van der Waals surface area contributed by atoms with Gasteiger partial charge in [-0.15, -0.1) is 0 Å². The summed E-state index contributed by atoms with van der Waals surface area (Å²) in [6, 6.07) is 0. The van der Waals surface area contributed by atoms with Crippen LogP contribution >= 0.6 is 0 Å². The lowest BCUT2D eigenvalue weighted by Gasteiger charge is -2.32. The van der Waals surface area contributed by atoms with Crippen LogP contribution in [0, 0.1) is 17.8 Å². The Balaban J connectivity index is 2.33. The van der Waals surface area contributed by atoms with Crippen LogP contribution in [0.1, 0.15) is 39.5 Å². The first-order valence-corrected chi connectivity index (χ1v) is 5.82. The summed E-state index contributed by atoms with van der Waals surface area (Å²) in [7, 11) is 1.70. The van der Waals surface area contributed by atoms with Crippen LogP contribution in [-0.4, -0.2) is 24.9 Å². The van der Waals surface area contributed by atoms with Gasteiger partial charge in [0, 0.05) is 13.0 Å². The van der Waals surface area contributed by atoms with Gasteiger partial charge in [-0.1, -0.05) is 26.7 Å². The molecule has 84 valence electrons. The van der Waals surface area contributed by atoms with E-state index in [4.69, 9.17) is 4.74 Å². The molecule has 1 rings (SSSR count). The maximum absolute atomic E-state index is 10.1. The predicted molar refractivity (Wildman–Crippen MR) is 58.2 cm³/mol. The topological polar surface area (TPSA) is 29.5 Å². The minimum Gasteiger partial charge on any atom is -0.392 e. The normalized spacial score (nSPS) is 32.6. The van der Waals surface area contributed by atoms with Crippen LogP contribution in [0.4, 0.5) is 0 Å². The molecule has 0 radical (unpaired) electrons. The minimum absolute atomic E-state index is 0.164. The molecular weight excluding hydrogens is 176 g/mol. The Labute approximate surface area is 87.7 Å². The van der Waals surface area contributed by atoms with Crippen LogP contribution < -0.4 is 0 Å². The van der Waals surface area contributed by atoms with Crippen molar-refractivity contribution in [2.75, 3.05) is 13.7 Å². The van der Waals surface area contributed by atoms with Crippen LogP contribution in [0.25, 0.3) is 0 Å². The Hall–Kier alpha value is -0.0800. The highest BCUT2D eigenvalue weighted by Gasteiger charge is 2.27. The van der Waals surface area contributed by atoms with Crippen LogP contribution in [0.5, 0.6) is 0 Å². The zero-order chi connectivity index (χ0) is 10.6. The predicted octanol–water partition coefficient (Wildman–Crippen LogP) is 2.46. The van der Waals surface area contributed by atoms with E-state index in [0.717, 1.165) is 5.92 Å². The number of rotatable bonds is 4. The fraction of sp³-hybridized carbons (Fsp3) is 1.00.